The second-order valence-electron chi connectivity index (χ2n) is 4.53. The largest absolute Gasteiger partial charge is 0.481 e. The number of benzene rings is 1. The molecule has 20 heavy (non-hydrogen) atoms. The Morgan fingerprint density at radius 1 is 1.20 bits per heavy atom. The molecule has 5 heteroatoms. The fraction of sp³-hybridized carbons (Fsp3) is 0.267. The molecule has 1 aromatic heterocycles. The molecule has 0 amide bonds. The third-order valence-electron chi connectivity index (χ3n) is 2.95. The van der Waals surface area contributed by atoms with Crippen LogP contribution in [0.3, 0.4) is 0 Å². The Bertz CT molecular complexity index is 554. The number of carbonyl (C=O) groups is 1. The van der Waals surface area contributed by atoms with Gasteiger partial charge < -0.3 is 9.52 Å². The maximum Gasteiger partial charge on any atom is 0.304 e. The number of hydrogen-bond donors (Lipinski definition) is 1. The van der Waals surface area contributed by atoms with Crippen LogP contribution < -0.4 is 0 Å². The van der Waals surface area contributed by atoms with Gasteiger partial charge in [-0.05, 0) is 18.2 Å². The number of furan rings is 1. The summed E-state index contributed by atoms with van der Waals surface area (Å²) in [6, 6.07) is 10.1. The van der Waals surface area contributed by atoms with Crippen molar-refractivity contribution in [1.82, 2.24) is 4.90 Å². The SMILES string of the molecule is O=C(O)CCN(Cc1ccco1)Cc1ccccc1F. The van der Waals surface area contributed by atoms with E-state index in [2.05, 4.69) is 0 Å². The van der Waals surface area contributed by atoms with E-state index in [9.17, 15) is 9.18 Å². The molecule has 106 valence electrons. The van der Waals surface area contributed by atoms with Crippen molar-refractivity contribution in [2.24, 2.45) is 0 Å². The molecule has 1 N–H and O–H groups in total. The first kappa shape index (κ1) is 14.3. The molecular formula is C15H16FNO3. The maximum absolute atomic E-state index is 13.7. The van der Waals surface area contributed by atoms with E-state index in [0.29, 0.717) is 25.2 Å². The van der Waals surface area contributed by atoms with Crippen molar-refractivity contribution in [1.29, 1.82) is 0 Å². The average molecular weight is 277 g/mol. The minimum atomic E-state index is -0.872. The normalized spacial score (nSPS) is 10.9. The van der Waals surface area contributed by atoms with Crippen LogP contribution >= 0.6 is 0 Å². The van der Waals surface area contributed by atoms with Crippen LogP contribution in [0.4, 0.5) is 4.39 Å². The molecule has 2 aromatic rings. The van der Waals surface area contributed by atoms with Crippen LogP contribution in [0.5, 0.6) is 0 Å². The number of aliphatic carboxylic acids is 1. The standard InChI is InChI=1S/C15H16FNO3/c16-14-6-2-1-4-12(14)10-17(8-7-15(18)19)11-13-5-3-9-20-13/h1-6,9H,7-8,10-11H2,(H,18,19). The third kappa shape index (κ3) is 4.20. The number of rotatable bonds is 7. The lowest BCUT2D eigenvalue weighted by Crippen LogP contribution is -2.26. The lowest BCUT2D eigenvalue weighted by atomic mass is 10.2. The van der Waals surface area contributed by atoms with Gasteiger partial charge in [0.2, 0.25) is 0 Å². The molecule has 4 nitrogen and oxygen atoms in total. The molecule has 0 aliphatic rings. The predicted octanol–water partition coefficient (Wildman–Crippen LogP) is 2.90. The molecule has 0 atom stereocenters. The highest BCUT2D eigenvalue weighted by molar-refractivity contribution is 5.66. The lowest BCUT2D eigenvalue weighted by molar-refractivity contribution is -0.137. The Kier molecular flexibility index (Phi) is 4.90. The fourth-order valence-corrected chi connectivity index (χ4v) is 1.96. The summed E-state index contributed by atoms with van der Waals surface area (Å²) in [5.41, 5.74) is 0.546. The zero-order valence-electron chi connectivity index (χ0n) is 11.0. The first-order chi connectivity index (χ1) is 9.65. The van der Waals surface area contributed by atoms with Crippen LogP contribution in [0.1, 0.15) is 17.7 Å². The molecule has 1 heterocycles. The summed E-state index contributed by atoms with van der Waals surface area (Å²) < 4.78 is 18.9. The van der Waals surface area contributed by atoms with Crippen LogP contribution in [0.25, 0.3) is 0 Å². The minimum absolute atomic E-state index is 0.00909. The smallest absolute Gasteiger partial charge is 0.304 e. The van der Waals surface area contributed by atoms with E-state index in [0.717, 1.165) is 5.76 Å². The molecule has 0 unspecified atom stereocenters. The second-order valence-corrected chi connectivity index (χ2v) is 4.53. The van der Waals surface area contributed by atoms with Gasteiger partial charge in [0, 0.05) is 18.7 Å². The van der Waals surface area contributed by atoms with Crippen molar-refractivity contribution in [3.8, 4) is 0 Å². The van der Waals surface area contributed by atoms with Gasteiger partial charge in [-0.2, -0.15) is 0 Å². The molecule has 0 aliphatic carbocycles. The van der Waals surface area contributed by atoms with Gasteiger partial charge in [-0.3, -0.25) is 9.69 Å². The van der Waals surface area contributed by atoms with Crippen molar-refractivity contribution in [2.45, 2.75) is 19.5 Å². The van der Waals surface area contributed by atoms with E-state index in [4.69, 9.17) is 9.52 Å². The zero-order chi connectivity index (χ0) is 14.4. The summed E-state index contributed by atoms with van der Waals surface area (Å²) in [7, 11) is 0. The third-order valence-corrected chi connectivity index (χ3v) is 2.95. The Labute approximate surface area is 116 Å². The number of nitrogens with zero attached hydrogens (tertiary/aromatic N) is 1. The van der Waals surface area contributed by atoms with Gasteiger partial charge in [-0.15, -0.1) is 0 Å². The number of hydrogen-bond acceptors (Lipinski definition) is 3. The van der Waals surface area contributed by atoms with E-state index in [1.807, 2.05) is 11.0 Å². The molecule has 2 rings (SSSR count). The van der Waals surface area contributed by atoms with Gasteiger partial charge in [0.15, 0.2) is 0 Å². The van der Waals surface area contributed by atoms with Crippen molar-refractivity contribution in [2.75, 3.05) is 6.54 Å². The second kappa shape index (κ2) is 6.86. The summed E-state index contributed by atoms with van der Waals surface area (Å²) in [6.45, 7) is 1.14. The van der Waals surface area contributed by atoms with Gasteiger partial charge in [-0.1, -0.05) is 18.2 Å². The van der Waals surface area contributed by atoms with Gasteiger partial charge in [-0.25, -0.2) is 4.39 Å². The van der Waals surface area contributed by atoms with Gasteiger partial charge in [0.05, 0.1) is 19.2 Å². The average Bonchev–Trinajstić information content (AvgIpc) is 2.91. The fourth-order valence-electron chi connectivity index (χ4n) is 1.96. The van der Waals surface area contributed by atoms with Crippen LogP contribution in [-0.2, 0) is 17.9 Å². The zero-order valence-corrected chi connectivity index (χ0v) is 11.0. The van der Waals surface area contributed by atoms with Crippen LogP contribution in [0.15, 0.2) is 47.1 Å². The van der Waals surface area contributed by atoms with E-state index in [1.165, 1.54) is 6.07 Å². The minimum Gasteiger partial charge on any atom is -0.481 e. The molecule has 0 bridgehead atoms. The first-order valence-electron chi connectivity index (χ1n) is 6.35. The Morgan fingerprint density at radius 2 is 2.00 bits per heavy atom. The van der Waals surface area contributed by atoms with Gasteiger partial charge >= 0.3 is 5.97 Å². The monoisotopic (exact) mass is 277 g/mol. The van der Waals surface area contributed by atoms with E-state index in [-0.39, 0.29) is 12.2 Å². The van der Waals surface area contributed by atoms with Crippen molar-refractivity contribution >= 4 is 5.97 Å². The van der Waals surface area contributed by atoms with E-state index in [1.54, 1.807) is 30.5 Å². The summed E-state index contributed by atoms with van der Waals surface area (Å²) >= 11 is 0. The summed E-state index contributed by atoms with van der Waals surface area (Å²) in [5.74, 6) is -0.429. The summed E-state index contributed by atoms with van der Waals surface area (Å²) in [6.07, 6.45) is 1.57. The highest BCUT2D eigenvalue weighted by Crippen LogP contribution is 2.13. The quantitative estimate of drug-likeness (QED) is 0.845. The first-order valence-corrected chi connectivity index (χ1v) is 6.35. The maximum atomic E-state index is 13.7. The Hall–Kier alpha value is -2.14. The van der Waals surface area contributed by atoms with Crippen molar-refractivity contribution in [3.63, 3.8) is 0 Å². The van der Waals surface area contributed by atoms with Crippen LogP contribution in [0, 0.1) is 5.82 Å². The van der Waals surface area contributed by atoms with Crippen LogP contribution in [-0.4, -0.2) is 22.5 Å². The highest BCUT2D eigenvalue weighted by atomic mass is 19.1. The molecule has 0 radical (unpaired) electrons. The molecule has 0 aliphatic heterocycles. The summed E-state index contributed by atoms with van der Waals surface area (Å²) in [4.78, 5) is 12.6. The van der Waals surface area contributed by atoms with Gasteiger partial charge in [0.1, 0.15) is 11.6 Å². The van der Waals surface area contributed by atoms with Gasteiger partial charge in [0.25, 0.3) is 0 Å². The molecule has 1 aromatic carbocycles. The number of carboxylic acid groups (broad SMARTS) is 1. The molecule has 0 fully saturated rings. The number of halogens is 1. The topological polar surface area (TPSA) is 53.7 Å². The molecule has 0 saturated carbocycles. The van der Waals surface area contributed by atoms with Crippen molar-refractivity contribution in [3.05, 3.63) is 59.8 Å². The summed E-state index contributed by atoms with van der Waals surface area (Å²) in [5, 5.41) is 8.78. The lowest BCUT2D eigenvalue weighted by Gasteiger charge is -2.20. The molecular weight excluding hydrogens is 261 g/mol. The Balaban J connectivity index is 2.05. The predicted molar refractivity (Wildman–Crippen MR) is 71.5 cm³/mol. The van der Waals surface area contributed by atoms with E-state index < -0.39 is 5.97 Å². The highest BCUT2D eigenvalue weighted by Gasteiger charge is 2.12. The molecule has 0 saturated heterocycles. The van der Waals surface area contributed by atoms with Crippen molar-refractivity contribution < 1.29 is 18.7 Å². The Morgan fingerprint density at radius 3 is 2.65 bits per heavy atom. The number of carboxylic acids is 1. The molecule has 0 spiro atoms. The van der Waals surface area contributed by atoms with Crippen LogP contribution in [0.2, 0.25) is 0 Å². The van der Waals surface area contributed by atoms with E-state index >= 15 is 0 Å².